The number of piperidine rings is 1. The Kier molecular flexibility index (Phi) is 4.34. The van der Waals surface area contributed by atoms with Crippen LogP contribution in [0.25, 0.3) is 0 Å². The number of morpholine rings is 1. The SMILES string of the molecule is CC(C)N1CCN2CCC(N3CC4COCC(C3)N4)CC2C1=O. The molecule has 4 aliphatic heterocycles. The molecule has 4 unspecified atom stereocenters. The van der Waals surface area contributed by atoms with Gasteiger partial charge in [0.25, 0.3) is 0 Å². The summed E-state index contributed by atoms with van der Waals surface area (Å²) < 4.78 is 5.66. The highest BCUT2D eigenvalue weighted by atomic mass is 16.5. The Balaban J connectivity index is 1.43. The normalized spacial score (nSPS) is 39.6. The number of carbonyl (C=O) groups is 1. The van der Waals surface area contributed by atoms with Crippen molar-refractivity contribution in [2.45, 2.75) is 56.9 Å². The minimum Gasteiger partial charge on any atom is -0.378 e. The molecule has 0 aromatic rings. The molecule has 1 amide bonds. The summed E-state index contributed by atoms with van der Waals surface area (Å²) in [6.45, 7) is 11.1. The number of fused-ring (bicyclic) bond motifs is 3. The molecular formula is C17H30N4O2. The average molecular weight is 322 g/mol. The molecule has 0 radical (unpaired) electrons. The van der Waals surface area contributed by atoms with Crippen molar-refractivity contribution in [1.29, 1.82) is 0 Å². The Morgan fingerprint density at radius 3 is 2.52 bits per heavy atom. The zero-order valence-electron chi connectivity index (χ0n) is 14.4. The Bertz CT molecular complexity index is 446. The molecule has 4 saturated heterocycles. The van der Waals surface area contributed by atoms with Crippen molar-refractivity contribution in [1.82, 2.24) is 20.0 Å². The van der Waals surface area contributed by atoms with Crippen LogP contribution in [0.4, 0.5) is 0 Å². The van der Waals surface area contributed by atoms with Gasteiger partial charge in [-0.1, -0.05) is 0 Å². The maximum absolute atomic E-state index is 12.9. The highest BCUT2D eigenvalue weighted by Crippen LogP contribution is 2.28. The molecule has 23 heavy (non-hydrogen) atoms. The summed E-state index contributed by atoms with van der Waals surface area (Å²) >= 11 is 0. The van der Waals surface area contributed by atoms with Crippen molar-refractivity contribution in [2.75, 3.05) is 45.9 Å². The number of amides is 1. The first-order chi connectivity index (χ1) is 11.1. The second-order valence-electron chi connectivity index (χ2n) is 7.91. The van der Waals surface area contributed by atoms with E-state index in [0.717, 1.165) is 52.4 Å². The van der Waals surface area contributed by atoms with E-state index in [9.17, 15) is 4.79 Å². The molecule has 4 rings (SSSR count). The van der Waals surface area contributed by atoms with Crippen LogP contribution in [-0.2, 0) is 9.53 Å². The van der Waals surface area contributed by atoms with Gasteiger partial charge in [0.15, 0.2) is 0 Å². The zero-order valence-corrected chi connectivity index (χ0v) is 14.4. The van der Waals surface area contributed by atoms with E-state index in [-0.39, 0.29) is 6.04 Å². The molecule has 0 aromatic carbocycles. The monoisotopic (exact) mass is 322 g/mol. The van der Waals surface area contributed by atoms with Crippen molar-refractivity contribution in [3.63, 3.8) is 0 Å². The fourth-order valence-electron chi connectivity index (χ4n) is 4.83. The minimum absolute atomic E-state index is 0.107. The molecule has 4 heterocycles. The molecule has 0 aromatic heterocycles. The number of ether oxygens (including phenoxy) is 1. The number of hydrogen-bond donors (Lipinski definition) is 1. The van der Waals surface area contributed by atoms with E-state index >= 15 is 0 Å². The number of piperazine rings is 2. The van der Waals surface area contributed by atoms with Gasteiger partial charge in [-0.15, -0.1) is 0 Å². The maximum Gasteiger partial charge on any atom is 0.240 e. The fourth-order valence-corrected chi connectivity index (χ4v) is 4.83. The number of rotatable bonds is 2. The highest BCUT2D eigenvalue weighted by molar-refractivity contribution is 5.83. The summed E-state index contributed by atoms with van der Waals surface area (Å²) in [4.78, 5) is 20.0. The van der Waals surface area contributed by atoms with Gasteiger partial charge in [-0.25, -0.2) is 0 Å². The Hall–Kier alpha value is -0.690. The standard InChI is InChI=1S/C17H30N4O2/c1-12(2)21-6-5-19-4-3-15(7-16(19)17(21)22)20-8-13-10-23-11-14(9-20)18-13/h12-16,18H,3-11H2,1-2H3. The predicted molar refractivity (Wildman–Crippen MR) is 88.3 cm³/mol. The number of hydrogen-bond acceptors (Lipinski definition) is 5. The molecule has 6 nitrogen and oxygen atoms in total. The van der Waals surface area contributed by atoms with Crippen molar-refractivity contribution < 1.29 is 9.53 Å². The lowest BCUT2D eigenvalue weighted by molar-refractivity contribution is -0.147. The molecule has 2 bridgehead atoms. The van der Waals surface area contributed by atoms with Gasteiger partial charge in [0.2, 0.25) is 5.91 Å². The van der Waals surface area contributed by atoms with Gasteiger partial charge >= 0.3 is 0 Å². The lowest BCUT2D eigenvalue weighted by atomic mass is 9.91. The van der Waals surface area contributed by atoms with Crippen LogP contribution in [0.15, 0.2) is 0 Å². The molecule has 0 aliphatic carbocycles. The quantitative estimate of drug-likeness (QED) is 0.759. The van der Waals surface area contributed by atoms with Gasteiger partial charge in [-0.3, -0.25) is 14.6 Å². The molecule has 4 atom stereocenters. The molecule has 4 aliphatic rings. The summed E-state index contributed by atoms with van der Waals surface area (Å²) in [5, 5.41) is 3.66. The minimum atomic E-state index is 0.107. The summed E-state index contributed by atoms with van der Waals surface area (Å²) in [5.41, 5.74) is 0. The molecule has 0 saturated carbocycles. The topological polar surface area (TPSA) is 48.1 Å². The third-order valence-electron chi connectivity index (χ3n) is 6.04. The van der Waals surface area contributed by atoms with Crippen molar-refractivity contribution >= 4 is 5.91 Å². The number of carbonyl (C=O) groups excluding carboxylic acids is 1. The first-order valence-corrected chi connectivity index (χ1v) is 9.24. The molecule has 1 N–H and O–H groups in total. The van der Waals surface area contributed by atoms with Crippen molar-refractivity contribution in [3.05, 3.63) is 0 Å². The van der Waals surface area contributed by atoms with E-state index in [2.05, 4.69) is 33.9 Å². The first kappa shape index (κ1) is 15.8. The average Bonchev–Trinajstić information content (AvgIpc) is 2.54. The van der Waals surface area contributed by atoms with Crippen LogP contribution in [0.5, 0.6) is 0 Å². The van der Waals surface area contributed by atoms with E-state index in [0.29, 0.717) is 30.1 Å². The second kappa shape index (κ2) is 6.31. The van der Waals surface area contributed by atoms with Crippen LogP contribution in [0.1, 0.15) is 26.7 Å². The summed E-state index contributed by atoms with van der Waals surface area (Å²) in [5.74, 6) is 0.356. The van der Waals surface area contributed by atoms with Gasteiger partial charge in [0, 0.05) is 56.9 Å². The van der Waals surface area contributed by atoms with E-state index < -0.39 is 0 Å². The van der Waals surface area contributed by atoms with Crippen LogP contribution >= 0.6 is 0 Å². The van der Waals surface area contributed by atoms with Crippen LogP contribution in [0.2, 0.25) is 0 Å². The smallest absolute Gasteiger partial charge is 0.240 e. The lowest BCUT2D eigenvalue weighted by Gasteiger charge is -2.51. The van der Waals surface area contributed by atoms with Gasteiger partial charge in [0.05, 0.1) is 19.3 Å². The Labute approximate surface area is 139 Å². The van der Waals surface area contributed by atoms with Crippen LogP contribution in [0.3, 0.4) is 0 Å². The van der Waals surface area contributed by atoms with Crippen molar-refractivity contribution in [2.24, 2.45) is 0 Å². The Morgan fingerprint density at radius 2 is 1.83 bits per heavy atom. The van der Waals surface area contributed by atoms with Gasteiger partial charge in [-0.05, 0) is 26.7 Å². The maximum atomic E-state index is 12.9. The molecule has 6 heteroatoms. The second-order valence-corrected chi connectivity index (χ2v) is 7.91. The molecule has 4 fully saturated rings. The van der Waals surface area contributed by atoms with E-state index in [1.165, 1.54) is 6.42 Å². The van der Waals surface area contributed by atoms with E-state index in [1.54, 1.807) is 0 Å². The third kappa shape index (κ3) is 3.02. The largest absolute Gasteiger partial charge is 0.378 e. The molecule has 0 spiro atoms. The summed E-state index contributed by atoms with van der Waals surface area (Å²) in [6.07, 6.45) is 2.20. The third-order valence-corrected chi connectivity index (χ3v) is 6.04. The van der Waals surface area contributed by atoms with E-state index in [4.69, 9.17) is 4.74 Å². The van der Waals surface area contributed by atoms with E-state index in [1.807, 2.05) is 0 Å². The van der Waals surface area contributed by atoms with Gasteiger partial charge in [-0.2, -0.15) is 0 Å². The van der Waals surface area contributed by atoms with Crippen LogP contribution in [0, 0.1) is 0 Å². The molecule has 130 valence electrons. The molecular weight excluding hydrogens is 292 g/mol. The van der Waals surface area contributed by atoms with Gasteiger partial charge < -0.3 is 15.0 Å². The summed E-state index contributed by atoms with van der Waals surface area (Å²) in [6, 6.07) is 1.92. The van der Waals surface area contributed by atoms with Crippen molar-refractivity contribution in [3.8, 4) is 0 Å². The zero-order chi connectivity index (χ0) is 16.0. The number of nitrogens with zero attached hydrogens (tertiary/aromatic N) is 3. The first-order valence-electron chi connectivity index (χ1n) is 9.24. The highest BCUT2D eigenvalue weighted by Gasteiger charge is 2.43. The van der Waals surface area contributed by atoms with Crippen LogP contribution < -0.4 is 5.32 Å². The Morgan fingerprint density at radius 1 is 1.09 bits per heavy atom. The summed E-state index contributed by atoms with van der Waals surface area (Å²) in [7, 11) is 0. The van der Waals surface area contributed by atoms with Gasteiger partial charge in [0.1, 0.15) is 0 Å². The van der Waals surface area contributed by atoms with Crippen LogP contribution in [-0.4, -0.2) is 96.8 Å². The fraction of sp³-hybridized carbons (Fsp3) is 0.941. The predicted octanol–water partition coefficient (Wildman–Crippen LogP) is -0.257. The lowest BCUT2D eigenvalue weighted by Crippen LogP contribution is -2.67. The number of nitrogens with one attached hydrogen (secondary N) is 1.